The van der Waals surface area contributed by atoms with E-state index in [4.69, 9.17) is 5.11 Å². The van der Waals surface area contributed by atoms with Crippen LogP contribution in [0.25, 0.3) is 0 Å². The van der Waals surface area contributed by atoms with E-state index in [1.807, 2.05) is 0 Å². The van der Waals surface area contributed by atoms with Gasteiger partial charge in [-0.25, -0.2) is 0 Å². The van der Waals surface area contributed by atoms with Gasteiger partial charge in [0.15, 0.2) is 0 Å². The summed E-state index contributed by atoms with van der Waals surface area (Å²) in [7, 11) is 0. The summed E-state index contributed by atoms with van der Waals surface area (Å²) in [6.07, 6.45) is 8.50. The van der Waals surface area contributed by atoms with Gasteiger partial charge in [0.2, 0.25) is 0 Å². The molecule has 0 aromatic rings. The van der Waals surface area contributed by atoms with E-state index in [-0.39, 0.29) is 23.1 Å². The summed E-state index contributed by atoms with van der Waals surface area (Å²) in [5, 5.41) is 9.10. The Morgan fingerprint density at radius 2 is 1.83 bits per heavy atom. The Labute approximate surface area is 86.6 Å². The number of hydrogen-bond donors (Lipinski definition) is 1. The van der Waals surface area contributed by atoms with Crippen LogP contribution in [0.2, 0.25) is 0 Å². The highest BCUT2D eigenvalue weighted by Gasteiger charge is 1.96. The first-order valence-electron chi connectivity index (χ1n) is 4.62. The van der Waals surface area contributed by atoms with Gasteiger partial charge in [-0.2, -0.15) is 0 Å². The summed E-state index contributed by atoms with van der Waals surface area (Å²) in [4.78, 5) is 0. The van der Waals surface area contributed by atoms with Crippen LogP contribution in [0.15, 0.2) is 12.7 Å². The summed E-state index contributed by atoms with van der Waals surface area (Å²) in [5.74, 6) is 0. The van der Waals surface area contributed by atoms with Gasteiger partial charge < -0.3 is 5.11 Å². The van der Waals surface area contributed by atoms with E-state index >= 15 is 0 Å². The number of aliphatic hydroxyl groups is 1. The molecule has 0 aliphatic heterocycles. The predicted molar refractivity (Wildman–Crippen MR) is 59.9 cm³/mol. The van der Waals surface area contributed by atoms with Crippen LogP contribution in [0.5, 0.6) is 0 Å². The summed E-state index contributed by atoms with van der Waals surface area (Å²) in [6, 6.07) is 0. The lowest BCUT2D eigenvalue weighted by Gasteiger charge is -2.03. The molecule has 0 aromatic heterocycles. The Morgan fingerprint density at radius 1 is 1.25 bits per heavy atom. The molecule has 0 fully saturated rings. The van der Waals surface area contributed by atoms with Crippen LogP contribution in [-0.4, -0.2) is 11.2 Å². The van der Waals surface area contributed by atoms with Gasteiger partial charge >= 0.3 is 0 Å². The van der Waals surface area contributed by atoms with Crippen molar-refractivity contribution in [1.29, 1.82) is 0 Å². The normalized spacial score (nSPS) is 11.8. The molecule has 1 N–H and O–H groups in total. The molecule has 0 spiro atoms. The molecule has 74 valence electrons. The van der Waals surface area contributed by atoms with Crippen LogP contribution in [0.1, 0.15) is 45.4 Å². The molecule has 2 heteroatoms. The third kappa shape index (κ3) is 10.2. The molecule has 0 heterocycles. The fourth-order valence-corrected chi connectivity index (χ4v) is 1.07. The van der Waals surface area contributed by atoms with E-state index in [2.05, 4.69) is 13.5 Å². The van der Waals surface area contributed by atoms with Crippen molar-refractivity contribution in [2.45, 2.75) is 51.6 Å². The van der Waals surface area contributed by atoms with Crippen LogP contribution in [0.4, 0.5) is 0 Å². The van der Waals surface area contributed by atoms with Gasteiger partial charge in [0.25, 0.3) is 0 Å². The monoisotopic (exact) mass is 236 g/mol. The zero-order valence-electron chi connectivity index (χ0n) is 7.96. The summed E-state index contributed by atoms with van der Waals surface area (Å²) in [6.45, 7) is 5.73. The van der Waals surface area contributed by atoms with E-state index < -0.39 is 0 Å². The fraction of sp³-hybridized carbons (Fsp3) is 0.800. The van der Waals surface area contributed by atoms with Crippen molar-refractivity contribution in [2.24, 2.45) is 0 Å². The molecule has 0 saturated carbocycles. The van der Waals surface area contributed by atoms with E-state index in [9.17, 15) is 0 Å². The van der Waals surface area contributed by atoms with E-state index in [1.165, 1.54) is 25.7 Å². The Hall–Kier alpha value is 0.180. The van der Waals surface area contributed by atoms with Crippen molar-refractivity contribution in [1.82, 2.24) is 0 Å². The molecule has 1 atom stereocenters. The van der Waals surface area contributed by atoms with Crippen molar-refractivity contribution in [3.05, 3.63) is 12.7 Å². The first kappa shape index (κ1) is 14.7. The fourth-order valence-electron chi connectivity index (χ4n) is 1.07. The summed E-state index contributed by atoms with van der Waals surface area (Å²) >= 11 is 0. The topological polar surface area (TPSA) is 20.2 Å². The second-order valence-electron chi connectivity index (χ2n) is 3.01. The van der Waals surface area contributed by atoms with Crippen molar-refractivity contribution in [3.8, 4) is 0 Å². The maximum Gasteiger partial charge on any atom is 0.0718 e. The number of aliphatic hydroxyl groups excluding tert-OH is 1. The van der Waals surface area contributed by atoms with E-state index in [0.29, 0.717) is 0 Å². The lowest BCUT2D eigenvalue weighted by Crippen LogP contribution is -2.00. The van der Waals surface area contributed by atoms with Crippen molar-refractivity contribution in [3.63, 3.8) is 0 Å². The van der Waals surface area contributed by atoms with Gasteiger partial charge in [0.1, 0.15) is 0 Å². The van der Waals surface area contributed by atoms with Gasteiger partial charge in [-0.3, -0.25) is 0 Å². The molecule has 12 heavy (non-hydrogen) atoms. The average Bonchev–Trinajstić information content (AvgIpc) is 2.04. The molecule has 0 rings (SSSR count). The van der Waals surface area contributed by atoms with Gasteiger partial charge in [0.05, 0.1) is 6.10 Å². The van der Waals surface area contributed by atoms with Crippen LogP contribution in [-0.2, 0) is 0 Å². The van der Waals surface area contributed by atoms with Crippen LogP contribution in [0, 0.1) is 0 Å². The Bertz CT molecular complexity index is 93.8. The summed E-state index contributed by atoms with van der Waals surface area (Å²) < 4.78 is 0. The highest BCUT2D eigenvalue weighted by Crippen LogP contribution is 2.07. The Kier molecular flexibility index (Phi) is 13.7. The number of halogens is 1. The third-order valence-corrected chi connectivity index (χ3v) is 1.88. The predicted octanol–water partition coefficient (Wildman–Crippen LogP) is 3.47. The molecule has 0 aliphatic carbocycles. The maximum absolute atomic E-state index is 9.10. The third-order valence-electron chi connectivity index (χ3n) is 1.88. The first-order chi connectivity index (χ1) is 5.31. The molecule has 0 saturated heterocycles. The second kappa shape index (κ2) is 11.2. The molecular formula is C10H21BrO. The zero-order valence-corrected chi connectivity index (χ0v) is 9.67. The Morgan fingerprint density at radius 3 is 2.33 bits per heavy atom. The van der Waals surface area contributed by atoms with Crippen LogP contribution >= 0.6 is 17.0 Å². The number of hydrogen-bond acceptors (Lipinski definition) is 1. The quantitative estimate of drug-likeness (QED) is 0.531. The molecule has 0 radical (unpaired) electrons. The lowest BCUT2D eigenvalue weighted by molar-refractivity contribution is 0.208. The molecule has 1 nitrogen and oxygen atoms in total. The van der Waals surface area contributed by atoms with Crippen LogP contribution in [0.3, 0.4) is 0 Å². The van der Waals surface area contributed by atoms with Crippen molar-refractivity contribution in [2.75, 3.05) is 0 Å². The Balaban J connectivity index is 0. The molecule has 0 aliphatic rings. The molecule has 0 amide bonds. The minimum atomic E-state index is -0.281. The van der Waals surface area contributed by atoms with Gasteiger partial charge in [-0.05, 0) is 6.42 Å². The average molecular weight is 237 g/mol. The van der Waals surface area contributed by atoms with E-state index in [0.717, 1.165) is 12.8 Å². The lowest BCUT2D eigenvalue weighted by atomic mass is 10.1. The largest absolute Gasteiger partial charge is 0.389 e. The highest BCUT2D eigenvalue weighted by molar-refractivity contribution is 8.93. The second-order valence-corrected chi connectivity index (χ2v) is 3.01. The number of unbranched alkanes of at least 4 members (excludes halogenated alkanes) is 4. The molecular weight excluding hydrogens is 216 g/mol. The SMILES string of the molecule is Br.C=CC(O)CCCCCCC. The molecule has 0 bridgehead atoms. The number of rotatable bonds is 7. The standard InChI is InChI=1S/C10H20O.BrH/c1-3-5-6-7-8-9-10(11)4-2;/h4,10-11H,2-3,5-9H2,1H3;1H. The zero-order chi connectivity index (χ0) is 8.53. The smallest absolute Gasteiger partial charge is 0.0718 e. The van der Waals surface area contributed by atoms with Crippen molar-refractivity contribution < 1.29 is 5.11 Å². The minimum absolute atomic E-state index is 0. The minimum Gasteiger partial charge on any atom is -0.389 e. The molecule has 1 unspecified atom stereocenters. The van der Waals surface area contributed by atoms with Crippen LogP contribution < -0.4 is 0 Å². The highest BCUT2D eigenvalue weighted by atomic mass is 79.9. The van der Waals surface area contributed by atoms with Gasteiger partial charge in [0, 0.05) is 0 Å². The summed E-state index contributed by atoms with van der Waals surface area (Å²) in [5.41, 5.74) is 0. The van der Waals surface area contributed by atoms with Crippen molar-refractivity contribution >= 4 is 17.0 Å². The van der Waals surface area contributed by atoms with Gasteiger partial charge in [-0.1, -0.05) is 45.1 Å². The van der Waals surface area contributed by atoms with Gasteiger partial charge in [-0.15, -0.1) is 23.6 Å². The first-order valence-corrected chi connectivity index (χ1v) is 4.62. The maximum atomic E-state index is 9.10. The molecule has 0 aromatic carbocycles. The van der Waals surface area contributed by atoms with E-state index in [1.54, 1.807) is 6.08 Å².